The van der Waals surface area contributed by atoms with Crippen molar-refractivity contribution in [3.63, 3.8) is 0 Å². The fourth-order valence-electron chi connectivity index (χ4n) is 1.32. The van der Waals surface area contributed by atoms with Crippen molar-refractivity contribution < 1.29 is 8.42 Å². The van der Waals surface area contributed by atoms with E-state index in [-0.39, 0.29) is 0 Å². The Kier molecular flexibility index (Phi) is 4.54. The molecule has 0 unspecified atom stereocenters. The minimum Gasteiger partial charge on any atom is -0.207 e. The van der Waals surface area contributed by atoms with Gasteiger partial charge in [0.2, 0.25) is 10.0 Å². The van der Waals surface area contributed by atoms with E-state index in [1.165, 1.54) is 4.31 Å². The lowest BCUT2D eigenvalue weighted by molar-refractivity contribution is 0.445. The Balaban J connectivity index is 3.11. The summed E-state index contributed by atoms with van der Waals surface area (Å²) in [4.78, 5) is 0.367. The van der Waals surface area contributed by atoms with Crippen molar-refractivity contribution in [3.8, 4) is 0 Å². The third kappa shape index (κ3) is 2.92. The molecular formula is C10H14INO2S. The van der Waals surface area contributed by atoms with Crippen LogP contribution in [0.15, 0.2) is 29.2 Å². The molecule has 0 fully saturated rings. The van der Waals surface area contributed by atoms with E-state index in [2.05, 4.69) is 22.6 Å². The van der Waals surface area contributed by atoms with Gasteiger partial charge in [-0.3, -0.25) is 0 Å². The summed E-state index contributed by atoms with van der Waals surface area (Å²) in [6.07, 6.45) is 0. The lowest BCUT2D eigenvalue weighted by Crippen LogP contribution is -2.30. The largest absolute Gasteiger partial charge is 0.243 e. The first-order valence-corrected chi connectivity index (χ1v) is 7.30. The highest BCUT2D eigenvalue weighted by atomic mass is 127. The lowest BCUT2D eigenvalue weighted by atomic mass is 10.4. The lowest BCUT2D eigenvalue weighted by Gasteiger charge is -2.18. The standard InChI is InChI=1S/C10H14INO2S/c1-3-12(4-2)15(13,14)10-7-5-9(11)6-8-10/h5-8H,3-4H2,1-2H3. The predicted molar refractivity (Wildman–Crippen MR) is 69.3 cm³/mol. The van der Waals surface area contributed by atoms with Crippen LogP contribution in [0.3, 0.4) is 0 Å². The molecule has 0 atom stereocenters. The molecule has 5 heteroatoms. The molecule has 1 aromatic carbocycles. The molecule has 1 rings (SSSR count). The van der Waals surface area contributed by atoms with Crippen molar-refractivity contribution >= 4 is 32.6 Å². The van der Waals surface area contributed by atoms with Gasteiger partial charge in [0.1, 0.15) is 0 Å². The van der Waals surface area contributed by atoms with Crippen LogP contribution in [0.1, 0.15) is 13.8 Å². The van der Waals surface area contributed by atoms with Crippen LogP contribution in [-0.4, -0.2) is 25.8 Å². The van der Waals surface area contributed by atoms with Gasteiger partial charge in [0.25, 0.3) is 0 Å². The van der Waals surface area contributed by atoms with Crippen molar-refractivity contribution in [2.75, 3.05) is 13.1 Å². The third-order valence-corrected chi connectivity index (χ3v) is 4.94. The first kappa shape index (κ1) is 12.9. The molecule has 0 heterocycles. The SMILES string of the molecule is CCN(CC)S(=O)(=O)c1ccc(I)cc1. The molecule has 0 aliphatic rings. The molecule has 84 valence electrons. The van der Waals surface area contributed by atoms with Crippen LogP contribution in [0.5, 0.6) is 0 Å². The van der Waals surface area contributed by atoms with Crippen LogP contribution >= 0.6 is 22.6 Å². The monoisotopic (exact) mass is 339 g/mol. The molecule has 0 aliphatic heterocycles. The quantitative estimate of drug-likeness (QED) is 0.790. The number of sulfonamides is 1. The van der Waals surface area contributed by atoms with Gasteiger partial charge in [-0.1, -0.05) is 13.8 Å². The van der Waals surface area contributed by atoms with Crippen molar-refractivity contribution in [1.29, 1.82) is 0 Å². The Bertz CT molecular complexity index is 410. The second kappa shape index (κ2) is 5.27. The number of hydrogen-bond acceptors (Lipinski definition) is 2. The summed E-state index contributed by atoms with van der Waals surface area (Å²) in [5.41, 5.74) is 0. The average molecular weight is 339 g/mol. The second-order valence-corrected chi connectivity index (χ2v) is 6.23. The van der Waals surface area contributed by atoms with E-state index in [9.17, 15) is 8.42 Å². The Morgan fingerprint density at radius 1 is 1.13 bits per heavy atom. The van der Waals surface area contributed by atoms with Gasteiger partial charge >= 0.3 is 0 Å². The highest BCUT2D eigenvalue weighted by molar-refractivity contribution is 14.1. The Labute approximate surface area is 105 Å². The smallest absolute Gasteiger partial charge is 0.207 e. The van der Waals surface area contributed by atoms with E-state index < -0.39 is 10.0 Å². The van der Waals surface area contributed by atoms with Crippen LogP contribution in [0.25, 0.3) is 0 Å². The normalized spacial score (nSPS) is 12.0. The maximum absolute atomic E-state index is 12.0. The summed E-state index contributed by atoms with van der Waals surface area (Å²) in [6.45, 7) is 4.69. The zero-order valence-corrected chi connectivity index (χ0v) is 11.7. The number of halogens is 1. The zero-order chi connectivity index (χ0) is 11.5. The molecule has 15 heavy (non-hydrogen) atoms. The van der Waals surface area contributed by atoms with Crippen LogP contribution in [0.2, 0.25) is 0 Å². The van der Waals surface area contributed by atoms with Crippen LogP contribution < -0.4 is 0 Å². The molecule has 3 nitrogen and oxygen atoms in total. The van der Waals surface area contributed by atoms with Gasteiger partial charge in [0.05, 0.1) is 4.90 Å². The fraction of sp³-hybridized carbons (Fsp3) is 0.400. The van der Waals surface area contributed by atoms with Gasteiger partial charge in [-0.2, -0.15) is 4.31 Å². The number of benzene rings is 1. The first-order valence-electron chi connectivity index (χ1n) is 4.78. The maximum atomic E-state index is 12.0. The molecule has 0 spiro atoms. The van der Waals surface area contributed by atoms with Gasteiger partial charge in [0.15, 0.2) is 0 Å². The van der Waals surface area contributed by atoms with Crippen molar-refractivity contribution in [2.45, 2.75) is 18.7 Å². The van der Waals surface area contributed by atoms with Crippen LogP contribution in [0.4, 0.5) is 0 Å². The summed E-state index contributed by atoms with van der Waals surface area (Å²) in [5.74, 6) is 0. The second-order valence-electron chi connectivity index (χ2n) is 3.04. The summed E-state index contributed by atoms with van der Waals surface area (Å²) < 4.78 is 26.5. The van der Waals surface area contributed by atoms with E-state index >= 15 is 0 Å². The zero-order valence-electron chi connectivity index (χ0n) is 8.77. The fourth-order valence-corrected chi connectivity index (χ4v) is 3.14. The number of hydrogen-bond donors (Lipinski definition) is 0. The number of nitrogens with zero attached hydrogens (tertiary/aromatic N) is 1. The molecule has 0 saturated heterocycles. The molecule has 0 amide bonds. The highest BCUT2D eigenvalue weighted by Gasteiger charge is 2.20. The Hall–Kier alpha value is -0.140. The highest BCUT2D eigenvalue weighted by Crippen LogP contribution is 2.16. The Morgan fingerprint density at radius 2 is 1.60 bits per heavy atom. The van der Waals surface area contributed by atoms with Gasteiger partial charge in [-0.25, -0.2) is 8.42 Å². The molecule has 0 saturated carbocycles. The average Bonchev–Trinajstić information content (AvgIpc) is 2.19. The predicted octanol–water partition coefficient (Wildman–Crippen LogP) is 2.32. The summed E-state index contributed by atoms with van der Waals surface area (Å²) in [6, 6.07) is 6.90. The molecular weight excluding hydrogens is 325 g/mol. The third-order valence-electron chi connectivity index (χ3n) is 2.16. The molecule has 0 aliphatic carbocycles. The van der Waals surface area contributed by atoms with E-state index in [0.29, 0.717) is 18.0 Å². The van der Waals surface area contributed by atoms with E-state index in [4.69, 9.17) is 0 Å². The van der Waals surface area contributed by atoms with Crippen LogP contribution in [-0.2, 0) is 10.0 Å². The minimum atomic E-state index is -3.29. The number of rotatable bonds is 4. The molecule has 1 aromatic rings. The first-order chi connectivity index (χ1) is 7.02. The van der Waals surface area contributed by atoms with Gasteiger partial charge in [0, 0.05) is 16.7 Å². The Morgan fingerprint density at radius 3 is 2.00 bits per heavy atom. The van der Waals surface area contributed by atoms with Crippen LogP contribution in [0, 0.1) is 3.57 Å². The molecule has 0 bridgehead atoms. The van der Waals surface area contributed by atoms with Crippen molar-refractivity contribution in [1.82, 2.24) is 4.31 Å². The van der Waals surface area contributed by atoms with Crippen molar-refractivity contribution in [2.24, 2.45) is 0 Å². The topological polar surface area (TPSA) is 37.4 Å². The summed E-state index contributed by atoms with van der Waals surface area (Å²) >= 11 is 2.15. The maximum Gasteiger partial charge on any atom is 0.243 e. The summed E-state index contributed by atoms with van der Waals surface area (Å²) in [5, 5.41) is 0. The minimum absolute atomic E-state index is 0.367. The van der Waals surface area contributed by atoms with Gasteiger partial charge in [-0.05, 0) is 46.9 Å². The molecule has 0 aromatic heterocycles. The van der Waals surface area contributed by atoms with Gasteiger partial charge < -0.3 is 0 Å². The van der Waals surface area contributed by atoms with Crippen molar-refractivity contribution in [3.05, 3.63) is 27.8 Å². The van der Waals surface area contributed by atoms with E-state index in [1.54, 1.807) is 24.3 Å². The molecule has 0 radical (unpaired) electrons. The molecule has 0 N–H and O–H groups in total. The van der Waals surface area contributed by atoms with E-state index in [1.807, 2.05) is 13.8 Å². The summed E-state index contributed by atoms with van der Waals surface area (Å²) in [7, 11) is -3.29. The van der Waals surface area contributed by atoms with Gasteiger partial charge in [-0.15, -0.1) is 0 Å². The van der Waals surface area contributed by atoms with E-state index in [0.717, 1.165) is 3.57 Å².